The van der Waals surface area contributed by atoms with Gasteiger partial charge in [0, 0.05) is 11.8 Å². The van der Waals surface area contributed by atoms with Crippen LogP contribution in [0.2, 0.25) is 0 Å². The second-order valence-electron chi connectivity index (χ2n) is 6.81. The molecule has 0 aromatic carbocycles. The monoisotopic (exact) mass is 314 g/mol. The third kappa shape index (κ3) is 2.63. The molecule has 0 aromatic rings. The summed E-state index contributed by atoms with van der Waals surface area (Å²) in [6.07, 6.45) is 6.64. The summed E-state index contributed by atoms with van der Waals surface area (Å²) in [4.78, 5) is 23.7. The number of carboxylic acids is 2. The molecule has 2 aliphatic rings. The maximum absolute atomic E-state index is 11.8. The second kappa shape index (κ2) is 6.54. The Hall–Kier alpha value is -1.14. The van der Waals surface area contributed by atoms with Gasteiger partial charge < -0.3 is 20.4 Å². The van der Waals surface area contributed by atoms with Crippen molar-refractivity contribution in [3.8, 4) is 0 Å². The van der Waals surface area contributed by atoms with E-state index in [0.717, 1.165) is 38.5 Å². The first-order valence-electron chi connectivity index (χ1n) is 8.26. The Balaban J connectivity index is 2.44. The zero-order valence-electron chi connectivity index (χ0n) is 12.8. The maximum atomic E-state index is 11.8. The van der Waals surface area contributed by atoms with E-state index in [4.69, 9.17) is 0 Å². The first kappa shape index (κ1) is 17.2. The van der Waals surface area contributed by atoms with Gasteiger partial charge in [-0.05, 0) is 25.7 Å². The summed E-state index contributed by atoms with van der Waals surface area (Å²) in [6.45, 7) is 0. The molecule has 6 nitrogen and oxygen atoms in total. The van der Waals surface area contributed by atoms with Crippen LogP contribution in [0.3, 0.4) is 0 Å². The van der Waals surface area contributed by atoms with Crippen molar-refractivity contribution in [2.45, 2.75) is 75.4 Å². The minimum atomic E-state index is -2.62. The molecule has 0 aliphatic heterocycles. The molecule has 0 heterocycles. The van der Waals surface area contributed by atoms with E-state index in [1.54, 1.807) is 0 Å². The molecule has 0 bridgehead atoms. The molecule has 0 aromatic heterocycles. The van der Waals surface area contributed by atoms with E-state index >= 15 is 0 Å². The summed E-state index contributed by atoms with van der Waals surface area (Å²) in [6, 6.07) is 0. The molecule has 6 heteroatoms. The van der Waals surface area contributed by atoms with Crippen LogP contribution in [-0.2, 0) is 9.59 Å². The predicted octanol–water partition coefficient (Wildman–Crippen LogP) is 1.78. The van der Waals surface area contributed by atoms with Crippen LogP contribution >= 0.6 is 0 Å². The Kier molecular flexibility index (Phi) is 5.12. The topological polar surface area (TPSA) is 115 Å². The molecule has 2 rings (SSSR count). The van der Waals surface area contributed by atoms with E-state index < -0.39 is 35.0 Å². The smallest absolute Gasteiger partial charge is 0.339 e. The lowest BCUT2D eigenvalue weighted by Gasteiger charge is -2.48. The van der Waals surface area contributed by atoms with E-state index in [9.17, 15) is 30.0 Å². The van der Waals surface area contributed by atoms with Crippen LogP contribution in [0.15, 0.2) is 0 Å². The van der Waals surface area contributed by atoms with Crippen LogP contribution in [0, 0.1) is 11.8 Å². The van der Waals surface area contributed by atoms with E-state index in [0.29, 0.717) is 25.7 Å². The summed E-state index contributed by atoms with van der Waals surface area (Å²) in [5, 5.41) is 41.1. The fraction of sp³-hybridized carbons (Fsp3) is 0.875. The van der Waals surface area contributed by atoms with Gasteiger partial charge >= 0.3 is 11.9 Å². The van der Waals surface area contributed by atoms with Crippen LogP contribution in [0.4, 0.5) is 0 Å². The zero-order valence-corrected chi connectivity index (χ0v) is 12.8. The van der Waals surface area contributed by atoms with Crippen molar-refractivity contribution < 1.29 is 30.0 Å². The summed E-state index contributed by atoms with van der Waals surface area (Å²) >= 11 is 0. The van der Waals surface area contributed by atoms with E-state index in [1.807, 2.05) is 0 Å². The van der Waals surface area contributed by atoms with E-state index in [-0.39, 0.29) is 0 Å². The van der Waals surface area contributed by atoms with Crippen LogP contribution in [0.5, 0.6) is 0 Å². The Morgan fingerprint density at radius 2 is 0.909 bits per heavy atom. The standard InChI is InChI=1S/C16H26O6/c17-13(18)15(21,11-7-3-1-4-8-11)16(22,14(19)20)12-9-5-2-6-10-12/h11-12,21-22H,1-10H2,(H,17,18)(H,19,20). The van der Waals surface area contributed by atoms with Gasteiger partial charge in [0.15, 0.2) is 0 Å². The van der Waals surface area contributed by atoms with Gasteiger partial charge in [-0.3, -0.25) is 0 Å². The molecule has 2 unspecified atom stereocenters. The third-order valence-electron chi connectivity index (χ3n) is 5.63. The quantitative estimate of drug-likeness (QED) is 0.615. The number of aliphatic hydroxyl groups is 2. The molecule has 0 spiro atoms. The van der Waals surface area contributed by atoms with Gasteiger partial charge in [-0.2, -0.15) is 0 Å². The molecule has 2 aliphatic carbocycles. The van der Waals surface area contributed by atoms with Gasteiger partial charge in [0.2, 0.25) is 11.2 Å². The van der Waals surface area contributed by atoms with Gasteiger partial charge in [-0.25, -0.2) is 9.59 Å². The normalized spacial score (nSPS) is 26.8. The van der Waals surface area contributed by atoms with Crippen LogP contribution in [0.1, 0.15) is 64.2 Å². The zero-order chi connectivity index (χ0) is 16.4. The van der Waals surface area contributed by atoms with Gasteiger partial charge in [0.05, 0.1) is 0 Å². The minimum absolute atomic E-state index is 0.436. The van der Waals surface area contributed by atoms with Gasteiger partial charge in [-0.1, -0.05) is 38.5 Å². The van der Waals surface area contributed by atoms with Gasteiger partial charge in [-0.15, -0.1) is 0 Å². The molecule has 0 amide bonds. The van der Waals surface area contributed by atoms with Crippen molar-refractivity contribution in [3.63, 3.8) is 0 Å². The highest BCUT2D eigenvalue weighted by molar-refractivity contribution is 5.91. The van der Waals surface area contributed by atoms with E-state index in [1.165, 1.54) is 0 Å². The first-order chi connectivity index (χ1) is 10.3. The number of carboxylic acid groups (broad SMARTS) is 2. The molecule has 4 N–H and O–H groups in total. The first-order valence-corrected chi connectivity index (χ1v) is 8.26. The Labute approximate surface area is 130 Å². The molecule has 126 valence electrons. The molecule has 2 fully saturated rings. The minimum Gasteiger partial charge on any atom is -0.479 e. The molecule has 0 radical (unpaired) electrons. The molecule has 2 atom stereocenters. The SMILES string of the molecule is O=C(O)C(O)(C1CCCCC1)C(O)(C(=O)O)C1CCCCC1. The largest absolute Gasteiger partial charge is 0.479 e. The van der Waals surface area contributed by atoms with Crippen molar-refractivity contribution in [2.75, 3.05) is 0 Å². The molecular formula is C16H26O6. The number of rotatable bonds is 5. The van der Waals surface area contributed by atoms with Crippen molar-refractivity contribution in [2.24, 2.45) is 11.8 Å². The maximum Gasteiger partial charge on any atom is 0.339 e. The fourth-order valence-corrected chi connectivity index (χ4v) is 4.34. The molecule has 22 heavy (non-hydrogen) atoms. The van der Waals surface area contributed by atoms with Crippen molar-refractivity contribution in [3.05, 3.63) is 0 Å². The number of carbonyl (C=O) groups is 2. The molecular weight excluding hydrogens is 288 g/mol. The average Bonchev–Trinajstić information content (AvgIpc) is 2.54. The summed E-state index contributed by atoms with van der Waals surface area (Å²) < 4.78 is 0. The predicted molar refractivity (Wildman–Crippen MR) is 78.3 cm³/mol. The third-order valence-corrected chi connectivity index (χ3v) is 5.63. The molecule has 0 saturated heterocycles. The van der Waals surface area contributed by atoms with Crippen molar-refractivity contribution in [1.29, 1.82) is 0 Å². The average molecular weight is 314 g/mol. The number of aliphatic carboxylic acids is 2. The van der Waals surface area contributed by atoms with Crippen LogP contribution in [0.25, 0.3) is 0 Å². The summed E-state index contributed by atoms with van der Waals surface area (Å²) in [5.41, 5.74) is -5.25. The Morgan fingerprint density at radius 3 is 1.14 bits per heavy atom. The lowest BCUT2D eigenvalue weighted by molar-refractivity contribution is -0.235. The fourth-order valence-electron chi connectivity index (χ4n) is 4.34. The summed E-state index contributed by atoms with van der Waals surface area (Å²) in [7, 11) is 0. The Bertz CT molecular complexity index is 384. The highest BCUT2D eigenvalue weighted by Crippen LogP contribution is 2.46. The Morgan fingerprint density at radius 1 is 0.636 bits per heavy atom. The second-order valence-corrected chi connectivity index (χ2v) is 6.81. The lowest BCUT2D eigenvalue weighted by atomic mass is 9.61. The number of hydrogen-bond donors (Lipinski definition) is 4. The summed E-state index contributed by atoms with van der Waals surface area (Å²) in [5.74, 6) is -4.67. The van der Waals surface area contributed by atoms with Gasteiger partial charge in [0.1, 0.15) is 0 Å². The van der Waals surface area contributed by atoms with E-state index in [2.05, 4.69) is 0 Å². The van der Waals surface area contributed by atoms with Crippen LogP contribution in [-0.4, -0.2) is 43.6 Å². The van der Waals surface area contributed by atoms with Crippen LogP contribution < -0.4 is 0 Å². The molecule has 2 saturated carbocycles. The van der Waals surface area contributed by atoms with Crippen molar-refractivity contribution >= 4 is 11.9 Å². The van der Waals surface area contributed by atoms with Crippen molar-refractivity contribution in [1.82, 2.24) is 0 Å². The number of hydrogen-bond acceptors (Lipinski definition) is 4. The highest BCUT2D eigenvalue weighted by Gasteiger charge is 2.67. The van der Waals surface area contributed by atoms with Gasteiger partial charge in [0.25, 0.3) is 0 Å². The highest BCUT2D eigenvalue weighted by atomic mass is 16.5. The lowest BCUT2D eigenvalue weighted by Crippen LogP contribution is -2.70.